The molecular weight excluding hydrogens is 352 g/mol. The normalized spacial score (nSPS) is 16.7. The third-order valence-corrected chi connectivity index (χ3v) is 5.55. The Balaban J connectivity index is 1.73. The molecule has 138 valence electrons. The van der Waals surface area contributed by atoms with Gasteiger partial charge < -0.3 is 10.1 Å². The Labute approximate surface area is 153 Å². The molecule has 0 fully saturated rings. The molecular formula is C19H22N2O4S. The second kappa shape index (κ2) is 6.74. The van der Waals surface area contributed by atoms with Crippen LogP contribution in [0.3, 0.4) is 0 Å². The summed E-state index contributed by atoms with van der Waals surface area (Å²) in [5.74, 6) is 0.401. The molecule has 0 unspecified atom stereocenters. The van der Waals surface area contributed by atoms with Gasteiger partial charge in [-0.3, -0.25) is 4.79 Å². The van der Waals surface area contributed by atoms with Gasteiger partial charge in [0.2, 0.25) is 10.0 Å². The van der Waals surface area contributed by atoms with Gasteiger partial charge in [0.15, 0.2) is 6.10 Å². The van der Waals surface area contributed by atoms with Crippen molar-refractivity contribution in [3.63, 3.8) is 0 Å². The first-order valence-corrected chi connectivity index (χ1v) is 9.82. The van der Waals surface area contributed by atoms with Crippen LogP contribution >= 0.6 is 0 Å². The SMILES string of the molecule is CC(C)(C)NS(=O)(=O)c1cccc(NC(=O)[C@@H]2Cc3ccccc3O2)c1. The lowest BCUT2D eigenvalue weighted by Gasteiger charge is -2.20. The summed E-state index contributed by atoms with van der Waals surface area (Å²) in [6, 6.07) is 13.7. The molecule has 0 saturated heterocycles. The molecule has 0 spiro atoms. The third-order valence-electron chi connectivity index (χ3n) is 3.79. The molecule has 1 aliphatic heterocycles. The topological polar surface area (TPSA) is 84.5 Å². The average molecular weight is 374 g/mol. The van der Waals surface area contributed by atoms with Crippen LogP contribution in [0.5, 0.6) is 5.75 Å². The van der Waals surface area contributed by atoms with Gasteiger partial charge in [0, 0.05) is 17.6 Å². The zero-order valence-electron chi connectivity index (χ0n) is 14.9. The minimum atomic E-state index is -3.67. The summed E-state index contributed by atoms with van der Waals surface area (Å²) in [4.78, 5) is 12.6. The highest BCUT2D eigenvalue weighted by Gasteiger charge is 2.29. The van der Waals surface area contributed by atoms with Gasteiger partial charge in [-0.25, -0.2) is 13.1 Å². The van der Waals surface area contributed by atoms with Gasteiger partial charge in [-0.2, -0.15) is 0 Å². The summed E-state index contributed by atoms with van der Waals surface area (Å²) in [6.07, 6.45) is -0.133. The maximum Gasteiger partial charge on any atom is 0.265 e. The number of hydrogen-bond acceptors (Lipinski definition) is 4. The number of sulfonamides is 1. The molecule has 26 heavy (non-hydrogen) atoms. The van der Waals surface area contributed by atoms with Gasteiger partial charge in [-0.1, -0.05) is 24.3 Å². The summed E-state index contributed by atoms with van der Waals surface area (Å²) in [6.45, 7) is 5.31. The van der Waals surface area contributed by atoms with E-state index in [1.807, 2.05) is 24.3 Å². The van der Waals surface area contributed by atoms with E-state index in [-0.39, 0.29) is 10.8 Å². The lowest BCUT2D eigenvalue weighted by molar-refractivity contribution is -0.122. The maximum absolute atomic E-state index is 12.5. The van der Waals surface area contributed by atoms with Crippen molar-refractivity contribution in [3.05, 3.63) is 54.1 Å². The smallest absolute Gasteiger partial charge is 0.265 e. The van der Waals surface area contributed by atoms with E-state index in [1.54, 1.807) is 32.9 Å². The van der Waals surface area contributed by atoms with Crippen molar-refractivity contribution >= 4 is 21.6 Å². The molecule has 7 heteroatoms. The van der Waals surface area contributed by atoms with Crippen molar-refractivity contribution in [1.82, 2.24) is 4.72 Å². The summed E-state index contributed by atoms with van der Waals surface area (Å²) in [5, 5.41) is 2.74. The quantitative estimate of drug-likeness (QED) is 0.862. The van der Waals surface area contributed by atoms with Crippen LogP contribution in [-0.2, 0) is 21.2 Å². The van der Waals surface area contributed by atoms with Crippen LogP contribution in [0.4, 0.5) is 5.69 Å². The van der Waals surface area contributed by atoms with E-state index in [2.05, 4.69) is 10.0 Å². The largest absolute Gasteiger partial charge is 0.480 e. The number of benzene rings is 2. The molecule has 0 saturated carbocycles. The Morgan fingerprint density at radius 3 is 2.54 bits per heavy atom. The highest BCUT2D eigenvalue weighted by molar-refractivity contribution is 7.89. The van der Waals surface area contributed by atoms with Gasteiger partial charge in [-0.05, 0) is 50.6 Å². The van der Waals surface area contributed by atoms with Crippen molar-refractivity contribution < 1.29 is 17.9 Å². The Morgan fingerprint density at radius 1 is 1.12 bits per heavy atom. The molecule has 3 rings (SSSR count). The molecule has 1 atom stereocenters. The van der Waals surface area contributed by atoms with E-state index in [0.717, 1.165) is 5.56 Å². The summed E-state index contributed by atoms with van der Waals surface area (Å²) in [5.41, 5.74) is 0.798. The minimum absolute atomic E-state index is 0.0980. The number of carbonyl (C=O) groups is 1. The van der Waals surface area contributed by atoms with Gasteiger partial charge in [0.25, 0.3) is 5.91 Å². The van der Waals surface area contributed by atoms with Crippen LogP contribution in [0, 0.1) is 0 Å². The van der Waals surface area contributed by atoms with Crippen molar-refractivity contribution in [1.29, 1.82) is 0 Å². The van der Waals surface area contributed by atoms with E-state index in [1.165, 1.54) is 12.1 Å². The van der Waals surface area contributed by atoms with Crippen molar-refractivity contribution in [3.8, 4) is 5.75 Å². The number of rotatable bonds is 4. The molecule has 1 aliphatic rings. The molecule has 1 amide bonds. The predicted molar refractivity (Wildman–Crippen MR) is 99.7 cm³/mol. The lowest BCUT2D eigenvalue weighted by Crippen LogP contribution is -2.40. The Bertz CT molecular complexity index is 908. The molecule has 2 aromatic rings. The van der Waals surface area contributed by atoms with Gasteiger partial charge in [0.1, 0.15) is 5.75 Å². The molecule has 0 aromatic heterocycles. The van der Waals surface area contributed by atoms with Crippen LogP contribution in [-0.4, -0.2) is 26.0 Å². The zero-order valence-corrected chi connectivity index (χ0v) is 15.8. The predicted octanol–water partition coefficient (Wildman–Crippen LogP) is 2.71. The molecule has 1 heterocycles. The fourth-order valence-electron chi connectivity index (χ4n) is 2.75. The van der Waals surface area contributed by atoms with Crippen molar-refractivity contribution in [2.75, 3.05) is 5.32 Å². The highest BCUT2D eigenvalue weighted by Crippen LogP contribution is 2.28. The third kappa shape index (κ3) is 4.23. The molecule has 0 radical (unpaired) electrons. The first-order chi connectivity index (χ1) is 12.1. The van der Waals surface area contributed by atoms with E-state index in [0.29, 0.717) is 17.9 Å². The lowest BCUT2D eigenvalue weighted by atomic mass is 10.1. The molecule has 2 aromatic carbocycles. The first kappa shape index (κ1) is 18.4. The van der Waals surface area contributed by atoms with Crippen molar-refractivity contribution in [2.24, 2.45) is 0 Å². The Hall–Kier alpha value is -2.38. The number of nitrogens with one attached hydrogen (secondary N) is 2. The highest BCUT2D eigenvalue weighted by atomic mass is 32.2. The number of para-hydroxylation sites is 1. The molecule has 2 N–H and O–H groups in total. The number of ether oxygens (including phenoxy) is 1. The monoisotopic (exact) mass is 374 g/mol. The number of hydrogen-bond donors (Lipinski definition) is 2. The van der Waals surface area contributed by atoms with E-state index >= 15 is 0 Å². The second-order valence-corrected chi connectivity index (χ2v) is 8.97. The van der Waals surface area contributed by atoms with Crippen LogP contribution in [0.2, 0.25) is 0 Å². The Kier molecular flexibility index (Phi) is 4.77. The van der Waals surface area contributed by atoms with Gasteiger partial charge >= 0.3 is 0 Å². The second-order valence-electron chi connectivity index (χ2n) is 7.29. The number of anilines is 1. The Morgan fingerprint density at radius 2 is 1.85 bits per heavy atom. The number of fused-ring (bicyclic) bond motifs is 1. The molecule has 6 nitrogen and oxygen atoms in total. The van der Waals surface area contributed by atoms with Crippen LogP contribution in [0.25, 0.3) is 0 Å². The van der Waals surface area contributed by atoms with Crippen molar-refractivity contribution in [2.45, 2.75) is 43.7 Å². The zero-order chi connectivity index (χ0) is 18.9. The van der Waals surface area contributed by atoms with Crippen LogP contribution < -0.4 is 14.8 Å². The molecule has 0 aliphatic carbocycles. The fraction of sp³-hybridized carbons (Fsp3) is 0.316. The first-order valence-electron chi connectivity index (χ1n) is 8.33. The average Bonchev–Trinajstić information content (AvgIpc) is 2.97. The fourth-order valence-corrected chi connectivity index (χ4v) is 4.22. The summed E-state index contributed by atoms with van der Waals surface area (Å²) >= 11 is 0. The minimum Gasteiger partial charge on any atom is -0.480 e. The number of carbonyl (C=O) groups excluding carboxylic acids is 1. The maximum atomic E-state index is 12.5. The summed E-state index contributed by atoms with van der Waals surface area (Å²) < 4.78 is 33.1. The van der Waals surface area contributed by atoms with Gasteiger partial charge in [-0.15, -0.1) is 0 Å². The van der Waals surface area contributed by atoms with E-state index < -0.39 is 21.7 Å². The van der Waals surface area contributed by atoms with Crippen LogP contribution in [0.15, 0.2) is 53.4 Å². The number of amides is 1. The van der Waals surface area contributed by atoms with E-state index in [4.69, 9.17) is 4.74 Å². The standard InChI is InChI=1S/C19H22N2O4S/c1-19(2,3)21-26(23,24)15-9-6-8-14(12-15)20-18(22)17-11-13-7-4-5-10-16(13)25-17/h4-10,12,17,21H,11H2,1-3H3,(H,20,22)/t17-/m0/s1. The van der Waals surface area contributed by atoms with Crippen LogP contribution in [0.1, 0.15) is 26.3 Å². The van der Waals surface area contributed by atoms with Gasteiger partial charge in [0.05, 0.1) is 4.90 Å². The molecule has 0 bridgehead atoms. The summed E-state index contributed by atoms with van der Waals surface area (Å²) in [7, 11) is -3.67. The van der Waals surface area contributed by atoms with E-state index in [9.17, 15) is 13.2 Å².